The van der Waals surface area contributed by atoms with E-state index < -0.39 is 5.97 Å². The number of carbonyl (C=O) groups is 1. The minimum Gasteiger partial charge on any atom is -0.493 e. The maximum atomic E-state index is 11.6. The van der Waals surface area contributed by atoms with Crippen LogP contribution in [0.3, 0.4) is 0 Å². The molecular formula is C15H18N2O5. The van der Waals surface area contributed by atoms with Crippen LogP contribution in [0, 0.1) is 11.3 Å². The first kappa shape index (κ1) is 17.3. The molecular weight excluding hydrogens is 288 g/mol. The van der Waals surface area contributed by atoms with Crippen molar-refractivity contribution >= 4 is 11.7 Å². The SMILES string of the molecule is COCCOC(=O)/C(C#N)=C/Nc1ccc(OC)c(OC)c1. The summed E-state index contributed by atoms with van der Waals surface area (Å²) < 4.78 is 19.9. The van der Waals surface area contributed by atoms with E-state index in [0.717, 1.165) is 0 Å². The standard InChI is InChI=1S/C15H18N2O5/c1-19-6-7-22-15(18)11(9-16)10-17-12-4-5-13(20-2)14(8-12)21-3/h4-5,8,10,17H,6-7H2,1-3H3/b11-10+. The van der Waals surface area contributed by atoms with Gasteiger partial charge in [-0.3, -0.25) is 0 Å². The number of carbonyl (C=O) groups excluding carboxylic acids is 1. The van der Waals surface area contributed by atoms with Crippen LogP contribution in [0.15, 0.2) is 30.0 Å². The first-order chi connectivity index (χ1) is 10.7. The number of esters is 1. The first-order valence-corrected chi connectivity index (χ1v) is 6.41. The van der Waals surface area contributed by atoms with Gasteiger partial charge in [0.15, 0.2) is 17.1 Å². The van der Waals surface area contributed by atoms with Gasteiger partial charge in [0.25, 0.3) is 0 Å². The van der Waals surface area contributed by atoms with Gasteiger partial charge in [0.2, 0.25) is 0 Å². The highest BCUT2D eigenvalue weighted by Gasteiger charge is 2.10. The van der Waals surface area contributed by atoms with E-state index in [0.29, 0.717) is 17.2 Å². The summed E-state index contributed by atoms with van der Waals surface area (Å²) in [7, 11) is 4.55. The number of hydrogen-bond acceptors (Lipinski definition) is 7. The van der Waals surface area contributed by atoms with Gasteiger partial charge in [0.05, 0.1) is 20.8 Å². The van der Waals surface area contributed by atoms with E-state index in [1.807, 2.05) is 0 Å². The molecule has 7 nitrogen and oxygen atoms in total. The lowest BCUT2D eigenvalue weighted by atomic mass is 10.2. The van der Waals surface area contributed by atoms with Crippen molar-refractivity contribution in [3.05, 3.63) is 30.0 Å². The highest BCUT2D eigenvalue weighted by molar-refractivity contribution is 5.93. The zero-order valence-electron chi connectivity index (χ0n) is 12.7. The van der Waals surface area contributed by atoms with E-state index in [2.05, 4.69) is 5.32 Å². The Morgan fingerprint density at radius 1 is 1.23 bits per heavy atom. The molecule has 0 heterocycles. The van der Waals surface area contributed by atoms with Crippen molar-refractivity contribution in [3.63, 3.8) is 0 Å². The van der Waals surface area contributed by atoms with Crippen LogP contribution in [-0.2, 0) is 14.3 Å². The maximum Gasteiger partial charge on any atom is 0.350 e. The highest BCUT2D eigenvalue weighted by Crippen LogP contribution is 2.29. The Hall–Kier alpha value is -2.72. The third kappa shape index (κ3) is 5.00. The Morgan fingerprint density at radius 2 is 1.95 bits per heavy atom. The van der Waals surface area contributed by atoms with Crippen LogP contribution in [0.25, 0.3) is 0 Å². The predicted octanol–water partition coefficient (Wildman–Crippen LogP) is 1.71. The number of methoxy groups -OCH3 is 3. The average molecular weight is 306 g/mol. The number of nitrogens with one attached hydrogen (secondary N) is 1. The summed E-state index contributed by atoms with van der Waals surface area (Å²) in [6.45, 7) is 0.359. The zero-order valence-corrected chi connectivity index (χ0v) is 12.7. The van der Waals surface area contributed by atoms with Crippen molar-refractivity contribution in [1.82, 2.24) is 0 Å². The van der Waals surface area contributed by atoms with Crippen LogP contribution >= 0.6 is 0 Å². The fraction of sp³-hybridized carbons (Fsp3) is 0.333. The molecule has 118 valence electrons. The van der Waals surface area contributed by atoms with Crippen LogP contribution < -0.4 is 14.8 Å². The van der Waals surface area contributed by atoms with E-state index in [1.165, 1.54) is 27.5 Å². The summed E-state index contributed by atoms with van der Waals surface area (Å²) in [6.07, 6.45) is 1.27. The molecule has 0 aromatic heterocycles. The van der Waals surface area contributed by atoms with Crippen molar-refractivity contribution in [2.75, 3.05) is 39.9 Å². The molecule has 1 aromatic rings. The molecule has 0 atom stereocenters. The Labute approximate surface area is 129 Å². The quantitative estimate of drug-likeness (QED) is 0.338. The van der Waals surface area contributed by atoms with Crippen LogP contribution in [-0.4, -0.2) is 40.5 Å². The van der Waals surface area contributed by atoms with Gasteiger partial charge in [0, 0.05) is 25.1 Å². The smallest absolute Gasteiger partial charge is 0.350 e. The second-order valence-electron chi connectivity index (χ2n) is 4.01. The van der Waals surface area contributed by atoms with Crippen LogP contribution in [0.1, 0.15) is 0 Å². The summed E-state index contributed by atoms with van der Waals surface area (Å²) in [5, 5.41) is 11.8. The molecule has 0 spiro atoms. The van der Waals surface area contributed by atoms with Gasteiger partial charge in [0.1, 0.15) is 12.7 Å². The second-order valence-corrected chi connectivity index (χ2v) is 4.01. The molecule has 22 heavy (non-hydrogen) atoms. The molecule has 1 rings (SSSR count). The van der Waals surface area contributed by atoms with Gasteiger partial charge in [-0.15, -0.1) is 0 Å². The Kier molecular flexibility index (Phi) is 7.29. The lowest BCUT2D eigenvalue weighted by molar-refractivity contribution is -0.139. The first-order valence-electron chi connectivity index (χ1n) is 6.41. The van der Waals surface area contributed by atoms with Crippen molar-refractivity contribution in [2.45, 2.75) is 0 Å². The zero-order chi connectivity index (χ0) is 16.4. The van der Waals surface area contributed by atoms with Gasteiger partial charge < -0.3 is 24.3 Å². The Balaban J connectivity index is 2.76. The Morgan fingerprint density at radius 3 is 2.55 bits per heavy atom. The van der Waals surface area contributed by atoms with E-state index in [-0.39, 0.29) is 18.8 Å². The molecule has 0 aliphatic rings. The van der Waals surface area contributed by atoms with Crippen molar-refractivity contribution in [3.8, 4) is 17.6 Å². The number of benzene rings is 1. The van der Waals surface area contributed by atoms with Crippen LogP contribution in [0.2, 0.25) is 0 Å². The largest absolute Gasteiger partial charge is 0.493 e. The summed E-state index contributed by atoms with van der Waals surface area (Å²) in [5.74, 6) is 0.395. The maximum absolute atomic E-state index is 11.6. The lowest BCUT2D eigenvalue weighted by Gasteiger charge is -2.09. The van der Waals surface area contributed by atoms with Crippen LogP contribution in [0.4, 0.5) is 5.69 Å². The van der Waals surface area contributed by atoms with Crippen molar-refractivity contribution < 1.29 is 23.7 Å². The minimum absolute atomic E-state index is 0.0880. The molecule has 0 bridgehead atoms. The van der Waals surface area contributed by atoms with Crippen molar-refractivity contribution in [2.24, 2.45) is 0 Å². The van der Waals surface area contributed by atoms with Gasteiger partial charge in [-0.1, -0.05) is 0 Å². The molecule has 7 heteroatoms. The van der Waals surface area contributed by atoms with E-state index in [4.69, 9.17) is 24.2 Å². The molecule has 0 saturated carbocycles. The highest BCUT2D eigenvalue weighted by atomic mass is 16.6. The monoisotopic (exact) mass is 306 g/mol. The molecule has 0 saturated heterocycles. The summed E-state index contributed by atoms with van der Waals surface area (Å²) in [6, 6.07) is 6.89. The van der Waals surface area contributed by atoms with Gasteiger partial charge in [-0.25, -0.2) is 4.79 Å². The van der Waals surface area contributed by atoms with Gasteiger partial charge in [-0.05, 0) is 12.1 Å². The number of hydrogen-bond donors (Lipinski definition) is 1. The fourth-order valence-corrected chi connectivity index (χ4v) is 1.51. The van der Waals surface area contributed by atoms with Crippen molar-refractivity contribution in [1.29, 1.82) is 5.26 Å². The molecule has 0 amide bonds. The summed E-state index contributed by atoms with van der Waals surface area (Å²) in [4.78, 5) is 11.6. The van der Waals surface area contributed by atoms with E-state index in [9.17, 15) is 4.79 Å². The predicted molar refractivity (Wildman–Crippen MR) is 79.7 cm³/mol. The average Bonchev–Trinajstić information content (AvgIpc) is 2.55. The van der Waals surface area contributed by atoms with E-state index in [1.54, 1.807) is 24.3 Å². The Bertz CT molecular complexity index is 578. The van der Waals surface area contributed by atoms with Crippen LogP contribution in [0.5, 0.6) is 11.5 Å². The third-order valence-electron chi connectivity index (χ3n) is 2.63. The lowest BCUT2D eigenvalue weighted by Crippen LogP contribution is -2.12. The molecule has 0 aliphatic heterocycles. The minimum atomic E-state index is -0.715. The molecule has 1 N–H and O–H groups in total. The topological polar surface area (TPSA) is 89.8 Å². The normalized spacial score (nSPS) is 10.5. The number of ether oxygens (including phenoxy) is 4. The number of nitrogens with zero attached hydrogens (tertiary/aromatic N) is 1. The van der Waals surface area contributed by atoms with E-state index >= 15 is 0 Å². The number of rotatable bonds is 8. The second kappa shape index (κ2) is 9.26. The van der Waals surface area contributed by atoms with Gasteiger partial charge >= 0.3 is 5.97 Å². The molecule has 0 radical (unpaired) electrons. The fourth-order valence-electron chi connectivity index (χ4n) is 1.51. The number of nitriles is 1. The molecule has 0 aliphatic carbocycles. The summed E-state index contributed by atoms with van der Waals surface area (Å²) in [5.41, 5.74) is 0.487. The molecule has 0 unspecified atom stereocenters. The molecule has 1 aromatic carbocycles. The summed E-state index contributed by atoms with van der Waals surface area (Å²) >= 11 is 0. The molecule has 0 fully saturated rings. The van der Waals surface area contributed by atoms with Gasteiger partial charge in [-0.2, -0.15) is 5.26 Å². The number of anilines is 1. The third-order valence-corrected chi connectivity index (χ3v) is 2.63.